The van der Waals surface area contributed by atoms with Crippen LogP contribution >= 0.6 is 15.9 Å². The molecule has 25 heavy (non-hydrogen) atoms. The quantitative estimate of drug-likeness (QED) is 0.528. The molecule has 132 valence electrons. The summed E-state index contributed by atoms with van der Waals surface area (Å²) in [5.41, 5.74) is 0.665. The van der Waals surface area contributed by atoms with Crippen molar-refractivity contribution in [1.82, 2.24) is 0 Å². The first-order valence-electron chi connectivity index (χ1n) is 7.98. The summed E-state index contributed by atoms with van der Waals surface area (Å²) in [5.74, 6) is -0.0343. The first-order valence-corrected chi connectivity index (χ1v) is 8.77. The highest BCUT2D eigenvalue weighted by Crippen LogP contribution is 2.16. The third-order valence-corrected chi connectivity index (χ3v) is 3.86. The molecule has 0 heterocycles. The maximum atomic E-state index is 12.0. The Bertz CT molecular complexity index is 688. The van der Waals surface area contributed by atoms with E-state index in [0.29, 0.717) is 18.7 Å². The molecule has 5 nitrogen and oxygen atoms in total. The molecule has 0 spiro atoms. The number of hydrogen-bond acceptors (Lipinski definition) is 4. The predicted molar refractivity (Wildman–Crippen MR) is 99.5 cm³/mol. The molecule has 1 atom stereocenters. The number of ether oxygens (including phenoxy) is 2. The first kappa shape index (κ1) is 19.0. The number of hydrogen-bond donors (Lipinski definition) is 1. The molecule has 0 unspecified atom stereocenters. The molecule has 0 aliphatic carbocycles. The number of carbonyl (C=O) groups is 2. The van der Waals surface area contributed by atoms with Gasteiger partial charge < -0.3 is 14.8 Å². The summed E-state index contributed by atoms with van der Waals surface area (Å²) in [6.45, 7) is 1.95. The smallest absolute Gasteiger partial charge is 0.306 e. The Morgan fingerprint density at radius 2 is 1.76 bits per heavy atom. The van der Waals surface area contributed by atoms with Crippen molar-refractivity contribution in [3.8, 4) is 5.75 Å². The summed E-state index contributed by atoms with van der Waals surface area (Å²) < 4.78 is 11.7. The normalized spacial score (nSPS) is 11.4. The zero-order valence-corrected chi connectivity index (χ0v) is 15.5. The Balaban J connectivity index is 1.65. The van der Waals surface area contributed by atoms with Crippen molar-refractivity contribution in [2.24, 2.45) is 0 Å². The lowest BCUT2D eigenvalue weighted by Gasteiger charge is -2.13. The molecule has 1 amide bonds. The van der Waals surface area contributed by atoms with Crippen LogP contribution in [0.5, 0.6) is 5.75 Å². The topological polar surface area (TPSA) is 64.6 Å². The van der Waals surface area contributed by atoms with E-state index in [9.17, 15) is 9.59 Å². The fraction of sp³-hybridized carbons (Fsp3) is 0.263. The monoisotopic (exact) mass is 405 g/mol. The lowest BCUT2D eigenvalue weighted by atomic mass is 10.3. The lowest BCUT2D eigenvalue weighted by molar-refractivity contribution is -0.153. The largest absolute Gasteiger partial charge is 0.494 e. The number of benzene rings is 2. The number of para-hydroxylation sites is 1. The molecule has 2 aromatic rings. The molecule has 0 bridgehead atoms. The molecule has 6 heteroatoms. The van der Waals surface area contributed by atoms with Crippen LogP contribution in [0.4, 0.5) is 5.69 Å². The van der Waals surface area contributed by atoms with Crippen LogP contribution in [0, 0.1) is 0 Å². The van der Waals surface area contributed by atoms with Gasteiger partial charge in [-0.05, 0) is 49.7 Å². The van der Waals surface area contributed by atoms with Crippen LogP contribution in [0.3, 0.4) is 0 Å². The van der Waals surface area contributed by atoms with Crippen LogP contribution in [-0.2, 0) is 14.3 Å². The van der Waals surface area contributed by atoms with Crippen molar-refractivity contribution in [2.75, 3.05) is 11.9 Å². The van der Waals surface area contributed by atoms with Crippen molar-refractivity contribution in [3.05, 3.63) is 59.1 Å². The van der Waals surface area contributed by atoms with Crippen molar-refractivity contribution in [1.29, 1.82) is 0 Å². The summed E-state index contributed by atoms with van der Waals surface area (Å²) >= 11 is 3.35. The number of rotatable bonds is 8. The van der Waals surface area contributed by atoms with E-state index in [0.717, 1.165) is 10.2 Å². The molecular weight excluding hydrogens is 386 g/mol. The molecule has 0 aromatic heterocycles. The van der Waals surface area contributed by atoms with Gasteiger partial charge >= 0.3 is 5.97 Å². The van der Waals surface area contributed by atoms with E-state index >= 15 is 0 Å². The highest BCUT2D eigenvalue weighted by Gasteiger charge is 2.17. The zero-order valence-electron chi connectivity index (χ0n) is 13.9. The minimum absolute atomic E-state index is 0.194. The van der Waals surface area contributed by atoms with Crippen molar-refractivity contribution in [2.45, 2.75) is 25.9 Å². The summed E-state index contributed by atoms with van der Waals surface area (Å²) in [5, 5.41) is 2.70. The standard InChI is InChI=1S/C19H20BrNO4/c1-14(19(23)21-16-6-3-2-4-7-16)25-18(22)8-5-13-24-17-11-9-15(20)10-12-17/h2-4,6-7,9-12,14H,5,8,13H2,1H3,(H,21,23)/t14-/m1/s1. The van der Waals surface area contributed by atoms with Gasteiger partial charge in [0.05, 0.1) is 6.61 Å². The van der Waals surface area contributed by atoms with E-state index in [-0.39, 0.29) is 12.3 Å². The molecule has 0 saturated carbocycles. The molecule has 0 aliphatic rings. The van der Waals surface area contributed by atoms with E-state index in [1.54, 1.807) is 19.1 Å². The first-order chi connectivity index (χ1) is 12.0. The Hall–Kier alpha value is -2.34. The number of esters is 1. The van der Waals surface area contributed by atoms with E-state index in [1.807, 2.05) is 42.5 Å². The molecule has 1 N–H and O–H groups in total. The lowest BCUT2D eigenvalue weighted by Crippen LogP contribution is -2.30. The van der Waals surface area contributed by atoms with Gasteiger partial charge in [-0.3, -0.25) is 9.59 Å². The van der Waals surface area contributed by atoms with Gasteiger partial charge in [0.15, 0.2) is 6.10 Å². The minimum Gasteiger partial charge on any atom is -0.494 e. The SMILES string of the molecule is C[C@@H](OC(=O)CCCOc1ccc(Br)cc1)C(=O)Nc1ccccc1. The third-order valence-electron chi connectivity index (χ3n) is 3.33. The van der Waals surface area contributed by atoms with Gasteiger partial charge in [-0.25, -0.2) is 0 Å². The van der Waals surface area contributed by atoms with Gasteiger partial charge in [-0.1, -0.05) is 34.1 Å². The number of halogens is 1. The summed E-state index contributed by atoms with van der Waals surface area (Å²) in [6.07, 6.45) is -0.137. The van der Waals surface area contributed by atoms with E-state index < -0.39 is 12.1 Å². The molecule has 2 rings (SSSR count). The van der Waals surface area contributed by atoms with Gasteiger partial charge in [0.1, 0.15) is 5.75 Å². The second-order valence-electron chi connectivity index (χ2n) is 5.39. The summed E-state index contributed by atoms with van der Waals surface area (Å²) in [4.78, 5) is 23.8. The fourth-order valence-corrected chi connectivity index (χ4v) is 2.28. The second kappa shape index (κ2) is 9.84. The Kier molecular flexibility index (Phi) is 7.47. The molecule has 0 radical (unpaired) electrons. The van der Waals surface area contributed by atoms with Crippen LogP contribution in [0.15, 0.2) is 59.1 Å². The predicted octanol–water partition coefficient (Wildman–Crippen LogP) is 4.18. The maximum Gasteiger partial charge on any atom is 0.306 e. The number of anilines is 1. The van der Waals surface area contributed by atoms with Gasteiger partial charge in [0.2, 0.25) is 0 Å². The van der Waals surface area contributed by atoms with E-state index in [1.165, 1.54) is 0 Å². The molecular formula is C19H20BrNO4. The van der Waals surface area contributed by atoms with Crippen LogP contribution in [0.2, 0.25) is 0 Å². The zero-order chi connectivity index (χ0) is 18.1. The Labute approximate surface area is 155 Å². The van der Waals surface area contributed by atoms with Crippen LogP contribution in [0.25, 0.3) is 0 Å². The number of carbonyl (C=O) groups excluding carboxylic acids is 2. The van der Waals surface area contributed by atoms with Crippen molar-refractivity contribution < 1.29 is 19.1 Å². The Morgan fingerprint density at radius 3 is 2.44 bits per heavy atom. The average Bonchev–Trinajstić information content (AvgIpc) is 2.61. The van der Waals surface area contributed by atoms with E-state index in [4.69, 9.17) is 9.47 Å². The summed E-state index contributed by atoms with van der Waals surface area (Å²) in [7, 11) is 0. The Morgan fingerprint density at radius 1 is 1.08 bits per heavy atom. The minimum atomic E-state index is -0.847. The molecule has 2 aromatic carbocycles. The van der Waals surface area contributed by atoms with Gasteiger partial charge in [-0.2, -0.15) is 0 Å². The molecule has 0 saturated heterocycles. The molecule has 0 fully saturated rings. The highest BCUT2D eigenvalue weighted by molar-refractivity contribution is 9.10. The highest BCUT2D eigenvalue weighted by atomic mass is 79.9. The average molecular weight is 406 g/mol. The maximum absolute atomic E-state index is 12.0. The number of nitrogens with one attached hydrogen (secondary N) is 1. The molecule has 0 aliphatic heterocycles. The third kappa shape index (κ3) is 6.97. The van der Waals surface area contributed by atoms with Crippen LogP contribution < -0.4 is 10.1 Å². The van der Waals surface area contributed by atoms with Crippen molar-refractivity contribution in [3.63, 3.8) is 0 Å². The van der Waals surface area contributed by atoms with Gasteiger partial charge in [0.25, 0.3) is 5.91 Å². The fourth-order valence-electron chi connectivity index (χ4n) is 2.01. The van der Waals surface area contributed by atoms with Gasteiger partial charge in [-0.15, -0.1) is 0 Å². The van der Waals surface area contributed by atoms with Crippen LogP contribution in [0.1, 0.15) is 19.8 Å². The van der Waals surface area contributed by atoms with Gasteiger partial charge in [0, 0.05) is 16.6 Å². The van der Waals surface area contributed by atoms with Crippen LogP contribution in [-0.4, -0.2) is 24.6 Å². The van der Waals surface area contributed by atoms with E-state index in [2.05, 4.69) is 21.2 Å². The number of amides is 1. The second-order valence-corrected chi connectivity index (χ2v) is 6.31. The summed E-state index contributed by atoms with van der Waals surface area (Å²) in [6, 6.07) is 16.5. The van der Waals surface area contributed by atoms with Crippen molar-refractivity contribution >= 4 is 33.5 Å².